The number of carbonyl (C=O) groups excluding carboxylic acids is 2. The molecule has 114 valence electrons. The minimum atomic E-state index is -1.04. The Labute approximate surface area is 132 Å². The monoisotopic (exact) mass is 317 g/mol. The molecular formula is C16H15NO4S. The summed E-state index contributed by atoms with van der Waals surface area (Å²) >= 11 is 0.837. The maximum Gasteiger partial charge on any atom is 0.305 e. The third-order valence-electron chi connectivity index (χ3n) is 2.98. The van der Waals surface area contributed by atoms with Gasteiger partial charge in [-0.1, -0.05) is 36.4 Å². The summed E-state index contributed by atoms with van der Waals surface area (Å²) in [5.41, 5.74) is 1.84. The Kier molecular flexibility index (Phi) is 5.16. The average molecular weight is 317 g/mol. The summed E-state index contributed by atoms with van der Waals surface area (Å²) in [6.45, 7) is 1.75. The molecule has 5 nitrogen and oxygen atoms in total. The zero-order valence-corrected chi connectivity index (χ0v) is 12.8. The van der Waals surface area contributed by atoms with Gasteiger partial charge in [-0.2, -0.15) is 0 Å². The van der Waals surface area contributed by atoms with Crippen LogP contribution in [0.5, 0.6) is 0 Å². The molecule has 1 saturated heterocycles. The molecule has 0 radical (unpaired) electrons. The predicted octanol–water partition coefficient (Wildman–Crippen LogP) is 3.14. The molecule has 1 fully saturated rings. The summed E-state index contributed by atoms with van der Waals surface area (Å²) in [5.74, 6) is -1.47. The number of amides is 2. The quantitative estimate of drug-likeness (QED) is 0.844. The molecule has 0 atom stereocenters. The molecule has 1 N–H and O–H groups in total. The second-order valence-electron chi connectivity index (χ2n) is 4.78. The largest absolute Gasteiger partial charge is 0.481 e. The number of hydrogen-bond acceptors (Lipinski definition) is 4. The van der Waals surface area contributed by atoms with Crippen LogP contribution >= 0.6 is 11.8 Å². The van der Waals surface area contributed by atoms with Crippen LogP contribution in [0.25, 0.3) is 6.08 Å². The van der Waals surface area contributed by atoms with E-state index in [-0.39, 0.29) is 13.0 Å². The van der Waals surface area contributed by atoms with Gasteiger partial charge in [0.2, 0.25) is 0 Å². The summed E-state index contributed by atoms with van der Waals surface area (Å²) in [7, 11) is 0. The molecule has 1 heterocycles. The Balaban J connectivity index is 2.12. The topological polar surface area (TPSA) is 74.7 Å². The molecule has 0 saturated carbocycles. The lowest BCUT2D eigenvalue weighted by atomic mass is 10.1. The van der Waals surface area contributed by atoms with Gasteiger partial charge in [-0.15, -0.1) is 0 Å². The molecule has 1 aromatic carbocycles. The highest BCUT2D eigenvalue weighted by Gasteiger charge is 2.34. The molecule has 0 spiro atoms. The number of thioether (sulfide) groups is 1. The van der Waals surface area contributed by atoms with Crippen LogP contribution in [0.3, 0.4) is 0 Å². The van der Waals surface area contributed by atoms with E-state index in [0.717, 1.165) is 27.8 Å². The second-order valence-corrected chi connectivity index (χ2v) is 5.77. The SMILES string of the molecule is CC(=C/c1ccccc1)/C=C1/SC(=O)N(CCC(=O)O)C1=O. The van der Waals surface area contributed by atoms with E-state index in [9.17, 15) is 14.4 Å². The van der Waals surface area contributed by atoms with Crippen LogP contribution in [0.2, 0.25) is 0 Å². The normalized spacial score (nSPS) is 17.4. The summed E-state index contributed by atoms with van der Waals surface area (Å²) in [6, 6.07) is 9.63. The van der Waals surface area contributed by atoms with Crippen molar-refractivity contribution >= 4 is 35.0 Å². The first-order valence-corrected chi connectivity index (χ1v) is 7.49. The lowest BCUT2D eigenvalue weighted by Gasteiger charge is -2.09. The van der Waals surface area contributed by atoms with Gasteiger partial charge in [0, 0.05) is 6.54 Å². The highest BCUT2D eigenvalue weighted by Crippen LogP contribution is 2.31. The standard InChI is InChI=1S/C16H15NO4S/c1-11(9-12-5-3-2-4-6-12)10-13-15(20)17(16(21)22-13)8-7-14(18)19/h2-6,9-10H,7-8H2,1H3,(H,18,19)/b11-9-,13-10+. The molecule has 22 heavy (non-hydrogen) atoms. The van der Waals surface area contributed by atoms with E-state index in [1.807, 2.05) is 43.3 Å². The van der Waals surface area contributed by atoms with Crippen molar-refractivity contribution in [2.24, 2.45) is 0 Å². The van der Waals surface area contributed by atoms with Gasteiger partial charge in [-0.3, -0.25) is 19.3 Å². The van der Waals surface area contributed by atoms with Gasteiger partial charge in [0.15, 0.2) is 0 Å². The van der Waals surface area contributed by atoms with Crippen LogP contribution in [0.1, 0.15) is 18.9 Å². The molecule has 2 amide bonds. The molecule has 0 bridgehead atoms. The fraction of sp³-hybridized carbons (Fsp3) is 0.188. The van der Waals surface area contributed by atoms with Crippen LogP contribution in [0, 0.1) is 0 Å². The molecule has 1 aliphatic heterocycles. The van der Waals surface area contributed by atoms with E-state index in [1.54, 1.807) is 6.08 Å². The maximum absolute atomic E-state index is 12.1. The molecule has 6 heteroatoms. The number of carboxylic acid groups (broad SMARTS) is 1. The first-order valence-electron chi connectivity index (χ1n) is 6.68. The van der Waals surface area contributed by atoms with E-state index in [2.05, 4.69) is 0 Å². The van der Waals surface area contributed by atoms with Crippen LogP contribution in [0.15, 0.2) is 46.9 Å². The minimum absolute atomic E-state index is 0.0984. The third-order valence-corrected chi connectivity index (χ3v) is 3.88. The Bertz CT molecular complexity index is 664. The van der Waals surface area contributed by atoms with Crippen molar-refractivity contribution in [2.75, 3.05) is 6.54 Å². The molecule has 0 unspecified atom stereocenters. The summed E-state index contributed by atoms with van der Waals surface area (Å²) in [6.07, 6.45) is 3.31. The lowest BCUT2D eigenvalue weighted by molar-refractivity contribution is -0.137. The fourth-order valence-corrected chi connectivity index (χ4v) is 2.88. The van der Waals surface area contributed by atoms with E-state index >= 15 is 0 Å². The van der Waals surface area contributed by atoms with Crippen molar-refractivity contribution in [3.05, 3.63) is 52.4 Å². The van der Waals surface area contributed by atoms with Crippen molar-refractivity contribution in [3.8, 4) is 0 Å². The number of allylic oxidation sites excluding steroid dienone is 2. The van der Waals surface area contributed by atoms with Crippen LogP contribution in [0.4, 0.5) is 4.79 Å². The minimum Gasteiger partial charge on any atom is -0.481 e. The van der Waals surface area contributed by atoms with Crippen molar-refractivity contribution in [1.82, 2.24) is 4.90 Å². The summed E-state index contributed by atoms with van der Waals surface area (Å²) in [5, 5.41) is 8.22. The lowest BCUT2D eigenvalue weighted by Crippen LogP contribution is -2.30. The highest BCUT2D eigenvalue weighted by molar-refractivity contribution is 8.18. The van der Waals surface area contributed by atoms with Gasteiger partial charge in [-0.25, -0.2) is 0 Å². The van der Waals surface area contributed by atoms with E-state index in [0.29, 0.717) is 4.91 Å². The molecule has 2 rings (SSSR count). The highest BCUT2D eigenvalue weighted by atomic mass is 32.2. The van der Waals surface area contributed by atoms with Gasteiger partial charge in [-0.05, 0) is 35.9 Å². The first kappa shape index (κ1) is 16.0. The van der Waals surface area contributed by atoms with Crippen LogP contribution in [-0.4, -0.2) is 33.7 Å². The van der Waals surface area contributed by atoms with Gasteiger partial charge in [0.25, 0.3) is 11.1 Å². The Morgan fingerprint density at radius 1 is 1.27 bits per heavy atom. The molecule has 0 aromatic heterocycles. The van der Waals surface area contributed by atoms with Gasteiger partial charge in [0.1, 0.15) is 0 Å². The molecule has 1 aromatic rings. The number of hydrogen-bond donors (Lipinski definition) is 1. The maximum atomic E-state index is 12.1. The molecule has 0 aliphatic carbocycles. The van der Waals surface area contributed by atoms with Crippen LogP contribution < -0.4 is 0 Å². The number of aliphatic carboxylic acids is 1. The van der Waals surface area contributed by atoms with Crippen molar-refractivity contribution in [3.63, 3.8) is 0 Å². The smallest absolute Gasteiger partial charge is 0.305 e. The average Bonchev–Trinajstić information content (AvgIpc) is 2.72. The number of imide groups is 1. The number of carbonyl (C=O) groups is 3. The van der Waals surface area contributed by atoms with E-state index in [1.165, 1.54) is 0 Å². The predicted molar refractivity (Wildman–Crippen MR) is 85.1 cm³/mol. The number of benzene rings is 1. The Morgan fingerprint density at radius 3 is 2.59 bits per heavy atom. The fourth-order valence-electron chi connectivity index (χ4n) is 1.96. The first-order chi connectivity index (χ1) is 10.5. The van der Waals surface area contributed by atoms with Crippen LogP contribution in [-0.2, 0) is 9.59 Å². The third kappa shape index (κ3) is 4.08. The molecular weight excluding hydrogens is 302 g/mol. The number of carboxylic acids is 1. The number of nitrogens with zero attached hydrogens (tertiary/aromatic N) is 1. The van der Waals surface area contributed by atoms with Crippen molar-refractivity contribution < 1.29 is 19.5 Å². The van der Waals surface area contributed by atoms with Crippen molar-refractivity contribution in [2.45, 2.75) is 13.3 Å². The van der Waals surface area contributed by atoms with Crippen molar-refractivity contribution in [1.29, 1.82) is 0 Å². The van der Waals surface area contributed by atoms with Gasteiger partial charge < -0.3 is 5.11 Å². The second kappa shape index (κ2) is 7.09. The van der Waals surface area contributed by atoms with Gasteiger partial charge >= 0.3 is 5.97 Å². The molecule has 1 aliphatic rings. The van der Waals surface area contributed by atoms with Gasteiger partial charge in [0.05, 0.1) is 11.3 Å². The Hall–Kier alpha value is -2.34. The zero-order chi connectivity index (χ0) is 16.1. The Morgan fingerprint density at radius 2 is 1.95 bits per heavy atom. The van der Waals surface area contributed by atoms with E-state index in [4.69, 9.17) is 5.11 Å². The summed E-state index contributed by atoms with van der Waals surface area (Å²) in [4.78, 5) is 35.7. The zero-order valence-electron chi connectivity index (χ0n) is 12.0. The van der Waals surface area contributed by atoms with E-state index < -0.39 is 17.1 Å². The summed E-state index contributed by atoms with van der Waals surface area (Å²) < 4.78 is 0. The number of rotatable bonds is 5.